The zero-order chi connectivity index (χ0) is 25.1. The van der Waals surface area contributed by atoms with E-state index in [0.717, 1.165) is 12.8 Å². The fraction of sp³-hybridized carbons (Fsp3) is 0.152. The summed E-state index contributed by atoms with van der Waals surface area (Å²) < 4.78 is 5.14. The Morgan fingerprint density at radius 1 is 0.632 bits per heavy atom. The highest BCUT2D eigenvalue weighted by molar-refractivity contribution is 7.25. The number of para-hydroxylation sites is 1. The number of rotatable bonds is 3. The van der Waals surface area contributed by atoms with E-state index in [4.69, 9.17) is 0 Å². The maximum atomic E-state index is 3.91. The lowest BCUT2D eigenvalue weighted by Crippen LogP contribution is -2.61. The van der Waals surface area contributed by atoms with E-state index in [0.29, 0.717) is 0 Å². The van der Waals surface area contributed by atoms with Crippen LogP contribution in [-0.2, 0) is 0 Å². The first-order valence-electron chi connectivity index (χ1n) is 13.4. The Hall–Kier alpha value is -3.74. The molecule has 3 unspecified atom stereocenters. The molecule has 8 rings (SSSR count). The van der Waals surface area contributed by atoms with Gasteiger partial charge in [0.2, 0.25) is 0 Å². The van der Waals surface area contributed by atoms with Gasteiger partial charge in [0.1, 0.15) is 6.29 Å². The average molecular weight is 513 g/mol. The van der Waals surface area contributed by atoms with E-state index in [-0.39, 0.29) is 18.6 Å². The average Bonchev–Trinajstić information content (AvgIpc) is 3.51. The third-order valence-electron chi connectivity index (χ3n) is 7.94. The van der Waals surface area contributed by atoms with Crippen LogP contribution in [0, 0.1) is 0 Å². The number of hydrogen-bond donors (Lipinski definition) is 3. The van der Waals surface area contributed by atoms with Crippen molar-refractivity contribution in [1.29, 1.82) is 0 Å². The summed E-state index contributed by atoms with van der Waals surface area (Å²) in [4.78, 5) is 0. The van der Waals surface area contributed by atoms with Crippen molar-refractivity contribution in [3.63, 3.8) is 0 Å². The summed E-state index contributed by atoms with van der Waals surface area (Å²) >= 11 is 1.88. The molecule has 0 radical (unpaired) electrons. The number of thiophene rings is 1. The minimum Gasteiger partial charge on any atom is -0.311 e. The molecular formula is C33H28N4S. The Balaban J connectivity index is 1.34. The summed E-state index contributed by atoms with van der Waals surface area (Å²) in [6.07, 6.45) is 9.04. The number of benzene rings is 4. The maximum Gasteiger partial charge on any atom is 0.142 e. The molecule has 6 aromatic rings. The van der Waals surface area contributed by atoms with E-state index in [9.17, 15) is 0 Å². The highest BCUT2D eigenvalue weighted by Crippen LogP contribution is 2.40. The molecule has 3 atom stereocenters. The summed E-state index contributed by atoms with van der Waals surface area (Å²) in [5.74, 6) is 0. The van der Waals surface area contributed by atoms with Crippen LogP contribution in [0.15, 0.2) is 115 Å². The molecule has 2 aliphatic rings. The minimum atomic E-state index is -0.104. The smallest absolute Gasteiger partial charge is 0.142 e. The van der Waals surface area contributed by atoms with Crippen LogP contribution in [0.4, 0.5) is 0 Å². The number of fused-ring (bicyclic) bond motifs is 6. The molecule has 0 amide bonds. The van der Waals surface area contributed by atoms with Crippen molar-refractivity contribution in [1.82, 2.24) is 20.5 Å². The molecule has 0 spiro atoms. The highest BCUT2D eigenvalue weighted by atomic mass is 32.1. The van der Waals surface area contributed by atoms with Gasteiger partial charge < -0.3 is 4.57 Å². The first-order valence-corrected chi connectivity index (χ1v) is 14.2. The van der Waals surface area contributed by atoms with Crippen molar-refractivity contribution >= 4 is 53.3 Å². The number of aromatic nitrogens is 1. The number of nitrogens with one attached hydrogen (secondary N) is 3. The normalized spacial score (nSPS) is 22.0. The third kappa shape index (κ3) is 3.55. The molecule has 2 aromatic heterocycles. The first kappa shape index (κ1) is 22.3. The molecule has 186 valence electrons. The Morgan fingerprint density at radius 2 is 1.42 bits per heavy atom. The number of allylic oxidation sites excluding steroid dienone is 2. The molecule has 4 aromatic carbocycles. The zero-order valence-corrected chi connectivity index (χ0v) is 21.7. The van der Waals surface area contributed by atoms with Gasteiger partial charge in [0.25, 0.3) is 0 Å². The molecule has 5 heteroatoms. The zero-order valence-electron chi connectivity index (χ0n) is 20.9. The lowest BCUT2D eigenvalue weighted by Gasteiger charge is -2.41. The summed E-state index contributed by atoms with van der Waals surface area (Å²) in [6, 6.07) is 33.1. The molecule has 3 heterocycles. The van der Waals surface area contributed by atoms with Crippen LogP contribution in [0.3, 0.4) is 0 Å². The largest absolute Gasteiger partial charge is 0.311 e. The molecule has 0 saturated carbocycles. The van der Waals surface area contributed by atoms with Crippen LogP contribution < -0.4 is 16.0 Å². The van der Waals surface area contributed by atoms with Crippen molar-refractivity contribution in [2.24, 2.45) is 0 Å². The van der Waals surface area contributed by atoms with Gasteiger partial charge in [0.15, 0.2) is 0 Å². The van der Waals surface area contributed by atoms with Gasteiger partial charge in [-0.05, 0) is 48.2 Å². The second kappa shape index (κ2) is 8.93. The van der Waals surface area contributed by atoms with Crippen molar-refractivity contribution < 1.29 is 0 Å². The van der Waals surface area contributed by atoms with Gasteiger partial charge in [-0.2, -0.15) is 0 Å². The van der Waals surface area contributed by atoms with Gasteiger partial charge in [0.05, 0.1) is 23.4 Å². The molecule has 1 aliphatic heterocycles. The first-order chi connectivity index (χ1) is 18.8. The van der Waals surface area contributed by atoms with Gasteiger partial charge in [-0.15, -0.1) is 11.3 Å². The van der Waals surface area contributed by atoms with Crippen LogP contribution in [0.5, 0.6) is 0 Å². The van der Waals surface area contributed by atoms with Gasteiger partial charge in [-0.25, -0.2) is 0 Å². The topological polar surface area (TPSA) is 41.0 Å². The van der Waals surface area contributed by atoms with Gasteiger partial charge in [-0.1, -0.05) is 85.0 Å². The van der Waals surface area contributed by atoms with Crippen LogP contribution in [0.1, 0.15) is 30.9 Å². The monoisotopic (exact) mass is 512 g/mol. The van der Waals surface area contributed by atoms with Crippen molar-refractivity contribution in [2.45, 2.75) is 31.5 Å². The maximum absolute atomic E-state index is 3.91. The molecule has 38 heavy (non-hydrogen) atoms. The van der Waals surface area contributed by atoms with E-state index < -0.39 is 0 Å². The van der Waals surface area contributed by atoms with E-state index in [1.807, 2.05) is 11.3 Å². The molecule has 1 saturated heterocycles. The molecule has 0 bridgehead atoms. The second-order valence-corrected chi connectivity index (χ2v) is 11.3. The molecule has 1 fully saturated rings. The van der Waals surface area contributed by atoms with E-state index in [1.54, 1.807) is 0 Å². The van der Waals surface area contributed by atoms with Crippen LogP contribution in [-0.4, -0.2) is 10.7 Å². The van der Waals surface area contributed by atoms with Gasteiger partial charge in [-0.3, -0.25) is 16.0 Å². The Morgan fingerprint density at radius 3 is 2.29 bits per heavy atom. The number of hydrogen-bond acceptors (Lipinski definition) is 4. The predicted molar refractivity (Wildman–Crippen MR) is 160 cm³/mol. The van der Waals surface area contributed by atoms with Crippen molar-refractivity contribution in [3.8, 4) is 0 Å². The second-order valence-electron chi connectivity index (χ2n) is 10.2. The van der Waals surface area contributed by atoms with Gasteiger partial charge >= 0.3 is 0 Å². The van der Waals surface area contributed by atoms with Crippen molar-refractivity contribution in [2.75, 3.05) is 0 Å². The summed E-state index contributed by atoms with van der Waals surface area (Å²) in [5, 5.41) is 16.9. The van der Waals surface area contributed by atoms with Crippen LogP contribution >= 0.6 is 11.3 Å². The van der Waals surface area contributed by atoms with Gasteiger partial charge in [0, 0.05) is 30.9 Å². The molecular weight excluding hydrogens is 484 g/mol. The lowest BCUT2D eigenvalue weighted by atomic mass is 10.0. The fourth-order valence-electron chi connectivity index (χ4n) is 6.15. The Bertz CT molecular complexity index is 1880. The molecule has 4 nitrogen and oxygen atoms in total. The quantitative estimate of drug-likeness (QED) is 0.228. The number of nitrogens with zero attached hydrogens (tertiary/aromatic N) is 1. The summed E-state index contributed by atoms with van der Waals surface area (Å²) in [5.41, 5.74) is 5.01. The third-order valence-corrected chi connectivity index (χ3v) is 9.07. The Labute approximate surface area is 225 Å². The van der Waals surface area contributed by atoms with E-state index in [1.165, 1.54) is 53.1 Å². The van der Waals surface area contributed by atoms with E-state index >= 15 is 0 Å². The van der Waals surface area contributed by atoms with Crippen LogP contribution in [0.2, 0.25) is 0 Å². The lowest BCUT2D eigenvalue weighted by molar-refractivity contribution is 0.178. The predicted octanol–water partition coefficient (Wildman–Crippen LogP) is 7.70. The van der Waals surface area contributed by atoms with Crippen molar-refractivity contribution in [3.05, 3.63) is 120 Å². The highest BCUT2D eigenvalue weighted by Gasteiger charge is 2.32. The molecule has 1 aliphatic carbocycles. The van der Waals surface area contributed by atoms with E-state index in [2.05, 4.69) is 130 Å². The standard InChI is InChI=1S/C33H28N4S/c1-3-11-21(12-4-1)31-34-32(22-13-5-2-6-14-22)36-33(35-31)37-27-17-9-7-15-23(27)25-20-30-26(19-28(25)37)24-16-8-10-18-29(24)38-30/h1,3-5,7-20,31-36H,2,6H2. The molecule has 3 N–H and O–H groups in total. The Kier molecular flexibility index (Phi) is 5.23. The summed E-state index contributed by atoms with van der Waals surface area (Å²) in [7, 11) is 0. The summed E-state index contributed by atoms with van der Waals surface area (Å²) in [6.45, 7) is 0. The minimum absolute atomic E-state index is 0.00518. The van der Waals surface area contributed by atoms with Crippen LogP contribution in [0.25, 0.3) is 42.0 Å². The fourth-order valence-corrected chi connectivity index (χ4v) is 7.28. The SMILES string of the molecule is C1=CC(C2NC(c3ccccc3)NC(n3c4ccccc4c4cc5sc6ccccc6c5cc43)N2)=CCC1.